The van der Waals surface area contributed by atoms with E-state index < -0.39 is 0 Å². The first kappa shape index (κ1) is 14.3. The number of hydrogen-bond donors (Lipinski definition) is 0. The molecule has 0 aliphatic rings. The van der Waals surface area contributed by atoms with Crippen LogP contribution in [0.4, 0.5) is 0 Å². The van der Waals surface area contributed by atoms with Gasteiger partial charge >= 0.3 is 0 Å². The Morgan fingerprint density at radius 3 is 2.74 bits per heavy atom. The zero-order chi connectivity index (χ0) is 14.0. The van der Waals surface area contributed by atoms with Gasteiger partial charge in [0.2, 0.25) is 0 Å². The summed E-state index contributed by atoms with van der Waals surface area (Å²) in [5, 5.41) is -0.145. The molecule has 2 rings (SSSR count). The van der Waals surface area contributed by atoms with Gasteiger partial charge in [-0.05, 0) is 39.3 Å². The van der Waals surface area contributed by atoms with Crippen molar-refractivity contribution in [2.75, 3.05) is 6.61 Å². The maximum atomic E-state index is 6.21. The first-order chi connectivity index (χ1) is 8.99. The molecule has 0 bridgehead atoms. The number of alkyl halides is 1. The van der Waals surface area contributed by atoms with E-state index in [1.165, 1.54) is 0 Å². The van der Waals surface area contributed by atoms with E-state index in [1.54, 1.807) is 0 Å². The molecule has 0 fully saturated rings. The highest BCUT2D eigenvalue weighted by molar-refractivity contribution is 6.20. The van der Waals surface area contributed by atoms with E-state index in [0.717, 1.165) is 29.1 Å². The van der Waals surface area contributed by atoms with Crippen molar-refractivity contribution in [2.45, 2.75) is 45.7 Å². The topological polar surface area (TPSA) is 39.9 Å². The summed E-state index contributed by atoms with van der Waals surface area (Å²) in [6.07, 6.45) is 2.08. The fourth-order valence-corrected chi connectivity index (χ4v) is 2.20. The minimum Gasteiger partial charge on any atom is -0.377 e. The first-order valence-corrected chi connectivity index (χ1v) is 7.01. The number of aromatic nitrogens is 3. The van der Waals surface area contributed by atoms with Gasteiger partial charge in [0, 0.05) is 12.7 Å². The fraction of sp³-hybridized carbons (Fsp3) is 0.571. The molecular formula is C14H20ClN3O. The van der Waals surface area contributed by atoms with E-state index in [-0.39, 0.29) is 11.5 Å². The molecule has 0 aliphatic carbocycles. The van der Waals surface area contributed by atoms with E-state index >= 15 is 0 Å². The number of aryl methyl sites for hydroxylation is 1. The lowest BCUT2D eigenvalue weighted by molar-refractivity contribution is 0.0728. The molecule has 0 radical (unpaired) electrons. The smallest absolute Gasteiger partial charge is 0.160 e. The van der Waals surface area contributed by atoms with Crippen molar-refractivity contribution in [3.8, 4) is 0 Å². The summed E-state index contributed by atoms with van der Waals surface area (Å²) < 4.78 is 7.65. The highest BCUT2D eigenvalue weighted by Crippen LogP contribution is 2.23. The number of ether oxygens (including phenoxy) is 1. The lowest BCUT2D eigenvalue weighted by atomic mass is 10.3. The third-order valence-corrected chi connectivity index (χ3v) is 3.07. The van der Waals surface area contributed by atoms with Crippen LogP contribution in [-0.4, -0.2) is 27.2 Å². The Bertz CT molecular complexity index is 563. The van der Waals surface area contributed by atoms with Crippen LogP contribution in [0.15, 0.2) is 12.3 Å². The molecular weight excluding hydrogens is 262 g/mol. The summed E-state index contributed by atoms with van der Waals surface area (Å²) in [7, 11) is 0. The number of fused-ring (bicyclic) bond motifs is 1. The molecule has 104 valence electrons. The van der Waals surface area contributed by atoms with Crippen LogP contribution in [0.5, 0.6) is 0 Å². The van der Waals surface area contributed by atoms with Gasteiger partial charge in [-0.25, -0.2) is 9.97 Å². The lowest BCUT2D eigenvalue weighted by Gasteiger charge is -2.12. The van der Waals surface area contributed by atoms with Crippen LogP contribution >= 0.6 is 11.6 Å². The Morgan fingerprint density at radius 1 is 1.37 bits per heavy atom. The second-order valence-electron chi connectivity index (χ2n) is 5.01. The van der Waals surface area contributed by atoms with E-state index in [9.17, 15) is 0 Å². The van der Waals surface area contributed by atoms with Crippen molar-refractivity contribution in [1.29, 1.82) is 0 Å². The van der Waals surface area contributed by atoms with Crippen molar-refractivity contribution in [1.82, 2.24) is 14.5 Å². The lowest BCUT2D eigenvalue weighted by Crippen LogP contribution is -2.13. The highest BCUT2D eigenvalue weighted by Gasteiger charge is 2.15. The van der Waals surface area contributed by atoms with Crippen LogP contribution < -0.4 is 0 Å². The number of imidazole rings is 1. The van der Waals surface area contributed by atoms with Crippen LogP contribution in [-0.2, 0) is 11.3 Å². The first-order valence-electron chi connectivity index (χ1n) is 6.57. The predicted octanol–water partition coefficient (Wildman–Crippen LogP) is 3.46. The van der Waals surface area contributed by atoms with Crippen molar-refractivity contribution < 1.29 is 4.74 Å². The molecule has 2 aromatic heterocycles. The number of nitrogens with zero attached hydrogens (tertiary/aromatic N) is 3. The summed E-state index contributed by atoms with van der Waals surface area (Å²) in [5.74, 6) is 0.849. The summed E-state index contributed by atoms with van der Waals surface area (Å²) >= 11 is 6.21. The number of rotatable bonds is 5. The second-order valence-corrected chi connectivity index (χ2v) is 5.67. The van der Waals surface area contributed by atoms with Gasteiger partial charge < -0.3 is 9.30 Å². The van der Waals surface area contributed by atoms with Gasteiger partial charge in [0.15, 0.2) is 5.65 Å². The minimum atomic E-state index is -0.145. The van der Waals surface area contributed by atoms with Crippen LogP contribution in [0.25, 0.3) is 11.2 Å². The van der Waals surface area contributed by atoms with Crippen molar-refractivity contribution in [2.24, 2.45) is 0 Å². The average Bonchev–Trinajstić information content (AvgIpc) is 2.67. The fourth-order valence-electron chi connectivity index (χ4n) is 2.03. The molecule has 0 spiro atoms. The number of halogens is 1. The Hall–Kier alpha value is -1.13. The van der Waals surface area contributed by atoms with Gasteiger partial charge in [-0.1, -0.05) is 0 Å². The van der Waals surface area contributed by atoms with Crippen LogP contribution in [0.2, 0.25) is 0 Å². The maximum Gasteiger partial charge on any atom is 0.160 e. The second kappa shape index (κ2) is 5.88. The molecule has 19 heavy (non-hydrogen) atoms. The molecule has 1 atom stereocenters. The van der Waals surface area contributed by atoms with Gasteiger partial charge in [-0.15, -0.1) is 11.6 Å². The quantitative estimate of drug-likeness (QED) is 0.788. The zero-order valence-corrected chi connectivity index (χ0v) is 12.6. The van der Waals surface area contributed by atoms with Gasteiger partial charge in [0.05, 0.1) is 18.1 Å². The molecule has 0 saturated carbocycles. The minimum absolute atomic E-state index is 0.145. The summed E-state index contributed by atoms with van der Waals surface area (Å²) in [5.41, 5.74) is 2.87. The molecule has 5 heteroatoms. The van der Waals surface area contributed by atoms with Crippen LogP contribution in [0.1, 0.15) is 37.5 Å². The molecule has 0 aromatic carbocycles. The third-order valence-electron chi connectivity index (χ3n) is 2.87. The SMILES string of the molecule is Cc1cnc2c(c1)nc(C(C)Cl)n2CCOC(C)C. The number of hydrogen-bond acceptors (Lipinski definition) is 3. The Morgan fingerprint density at radius 2 is 2.11 bits per heavy atom. The Labute approximate surface area is 118 Å². The molecule has 0 N–H and O–H groups in total. The molecule has 0 saturated heterocycles. The molecule has 0 aliphatic heterocycles. The van der Waals surface area contributed by atoms with Gasteiger partial charge in [0.25, 0.3) is 0 Å². The van der Waals surface area contributed by atoms with E-state index in [0.29, 0.717) is 6.61 Å². The predicted molar refractivity (Wildman–Crippen MR) is 77.6 cm³/mol. The van der Waals surface area contributed by atoms with Crippen LogP contribution in [0.3, 0.4) is 0 Å². The normalized spacial score (nSPS) is 13.4. The van der Waals surface area contributed by atoms with Crippen LogP contribution in [0, 0.1) is 6.92 Å². The third kappa shape index (κ3) is 3.25. The molecule has 0 amide bonds. The average molecular weight is 282 g/mol. The highest BCUT2D eigenvalue weighted by atomic mass is 35.5. The van der Waals surface area contributed by atoms with E-state index in [2.05, 4.69) is 14.5 Å². The summed E-state index contributed by atoms with van der Waals surface area (Å²) in [6, 6.07) is 2.03. The Balaban J connectivity index is 2.35. The van der Waals surface area contributed by atoms with Crippen molar-refractivity contribution in [3.05, 3.63) is 23.7 Å². The van der Waals surface area contributed by atoms with Crippen molar-refractivity contribution in [3.63, 3.8) is 0 Å². The standard InChI is InChI=1S/C14H20ClN3O/c1-9(2)19-6-5-18-13(11(4)15)17-12-7-10(3)8-16-14(12)18/h7-9,11H,5-6H2,1-4H3. The molecule has 2 heterocycles. The monoisotopic (exact) mass is 281 g/mol. The summed E-state index contributed by atoms with van der Waals surface area (Å²) in [6.45, 7) is 9.34. The largest absolute Gasteiger partial charge is 0.377 e. The Kier molecular flexibility index (Phi) is 4.42. The van der Waals surface area contributed by atoms with E-state index in [1.807, 2.05) is 40.0 Å². The maximum absolute atomic E-state index is 6.21. The molecule has 4 nitrogen and oxygen atoms in total. The van der Waals surface area contributed by atoms with E-state index in [4.69, 9.17) is 16.3 Å². The van der Waals surface area contributed by atoms with Gasteiger partial charge in [0.1, 0.15) is 11.3 Å². The van der Waals surface area contributed by atoms with Gasteiger partial charge in [-0.3, -0.25) is 0 Å². The molecule has 1 unspecified atom stereocenters. The molecule has 2 aromatic rings. The number of pyridine rings is 1. The van der Waals surface area contributed by atoms with Gasteiger partial charge in [-0.2, -0.15) is 0 Å². The summed E-state index contributed by atoms with van der Waals surface area (Å²) in [4.78, 5) is 9.05. The zero-order valence-electron chi connectivity index (χ0n) is 11.9. The van der Waals surface area contributed by atoms with Crippen molar-refractivity contribution >= 4 is 22.8 Å².